The molecule has 0 unspecified atom stereocenters. The van der Waals surface area contributed by atoms with Crippen LogP contribution in [-0.4, -0.2) is 10.8 Å². The highest BCUT2D eigenvalue weighted by Crippen LogP contribution is 2.23. The Morgan fingerprint density at radius 1 is 1.17 bits per heavy atom. The summed E-state index contributed by atoms with van der Waals surface area (Å²) in [5.74, 6) is -0.672. The van der Waals surface area contributed by atoms with Gasteiger partial charge in [-0.3, -0.25) is 9.78 Å². The number of hydrogen-bond donors (Lipinski definition) is 0. The smallest absolute Gasteiger partial charge is 0.185 e. The number of Topliss-reactive ketones (excluding diaryl/α,β-unsaturated/α-hetero) is 1. The van der Waals surface area contributed by atoms with Crippen LogP contribution in [0.25, 0.3) is 0 Å². The first kappa shape index (κ1) is 13.0. The number of carbonyl (C=O) groups is 1. The molecular formula is C13H8Cl2FNO. The van der Waals surface area contributed by atoms with E-state index in [1.54, 1.807) is 18.2 Å². The maximum Gasteiger partial charge on any atom is 0.185 e. The van der Waals surface area contributed by atoms with Crippen LogP contribution in [-0.2, 0) is 6.42 Å². The Balaban J connectivity index is 2.16. The molecule has 0 fully saturated rings. The fraction of sp³-hybridized carbons (Fsp3) is 0.0769. The van der Waals surface area contributed by atoms with Crippen LogP contribution in [0.3, 0.4) is 0 Å². The van der Waals surface area contributed by atoms with Crippen molar-refractivity contribution in [3.63, 3.8) is 0 Å². The van der Waals surface area contributed by atoms with E-state index in [4.69, 9.17) is 23.2 Å². The number of carbonyl (C=O) groups excluding carboxylic acids is 1. The number of hydrogen-bond acceptors (Lipinski definition) is 2. The molecule has 0 amide bonds. The van der Waals surface area contributed by atoms with Gasteiger partial charge in [-0.05, 0) is 29.8 Å². The number of pyridine rings is 1. The van der Waals surface area contributed by atoms with Crippen LogP contribution in [0.15, 0.2) is 36.5 Å². The lowest BCUT2D eigenvalue weighted by molar-refractivity contribution is 0.0988. The first-order valence-corrected chi connectivity index (χ1v) is 5.90. The van der Waals surface area contributed by atoms with Gasteiger partial charge >= 0.3 is 0 Å². The summed E-state index contributed by atoms with van der Waals surface area (Å²) >= 11 is 11.6. The Hall–Kier alpha value is -1.45. The number of benzene rings is 1. The number of rotatable bonds is 3. The van der Waals surface area contributed by atoms with Crippen molar-refractivity contribution >= 4 is 29.0 Å². The molecule has 0 saturated carbocycles. The van der Waals surface area contributed by atoms with E-state index in [9.17, 15) is 9.18 Å². The largest absolute Gasteiger partial charge is 0.292 e. The van der Waals surface area contributed by atoms with E-state index in [1.807, 2.05) is 0 Å². The van der Waals surface area contributed by atoms with Crippen LogP contribution in [0.5, 0.6) is 0 Å². The fourth-order valence-electron chi connectivity index (χ4n) is 1.47. The van der Waals surface area contributed by atoms with Gasteiger partial charge in [-0.1, -0.05) is 29.3 Å². The quantitative estimate of drug-likeness (QED) is 0.799. The predicted octanol–water partition coefficient (Wildman–Crippen LogP) is 3.95. The Morgan fingerprint density at radius 2 is 1.94 bits per heavy atom. The molecule has 18 heavy (non-hydrogen) atoms. The first-order valence-electron chi connectivity index (χ1n) is 5.15. The van der Waals surface area contributed by atoms with Gasteiger partial charge in [0.05, 0.1) is 16.2 Å². The summed E-state index contributed by atoms with van der Waals surface area (Å²) in [6, 6.07) is 7.54. The zero-order valence-corrected chi connectivity index (χ0v) is 10.7. The molecule has 0 aliphatic carbocycles. The standard InChI is InChI=1S/C13H8Cl2FNO/c14-10-3-1-8(5-11(10)15)6-13(18)12-4-2-9(16)7-17-12/h1-5,7H,6H2. The molecule has 0 atom stereocenters. The predicted molar refractivity (Wildman–Crippen MR) is 68.7 cm³/mol. The molecule has 1 aromatic heterocycles. The van der Waals surface area contributed by atoms with Crippen LogP contribution in [0, 0.1) is 5.82 Å². The third-order valence-electron chi connectivity index (χ3n) is 2.36. The second-order valence-corrected chi connectivity index (χ2v) is 4.52. The molecule has 2 nitrogen and oxygen atoms in total. The SMILES string of the molecule is O=C(Cc1ccc(Cl)c(Cl)c1)c1ccc(F)cn1. The number of aromatic nitrogens is 1. The van der Waals surface area contributed by atoms with E-state index in [0.717, 1.165) is 11.8 Å². The molecule has 1 heterocycles. The Bertz CT molecular complexity index is 584. The van der Waals surface area contributed by atoms with E-state index < -0.39 is 5.82 Å². The van der Waals surface area contributed by atoms with E-state index in [-0.39, 0.29) is 17.9 Å². The second kappa shape index (κ2) is 5.46. The van der Waals surface area contributed by atoms with Gasteiger partial charge in [-0.15, -0.1) is 0 Å². The Morgan fingerprint density at radius 3 is 2.56 bits per heavy atom. The molecule has 2 rings (SSSR count). The fourth-order valence-corrected chi connectivity index (χ4v) is 1.79. The molecule has 92 valence electrons. The Kier molecular flexibility index (Phi) is 3.94. The summed E-state index contributed by atoms with van der Waals surface area (Å²) < 4.78 is 12.7. The number of ketones is 1. The molecule has 0 aliphatic heterocycles. The van der Waals surface area contributed by atoms with Crippen molar-refractivity contribution in [2.45, 2.75) is 6.42 Å². The summed E-state index contributed by atoms with van der Waals surface area (Å²) in [6.07, 6.45) is 1.16. The van der Waals surface area contributed by atoms with Crippen LogP contribution < -0.4 is 0 Å². The van der Waals surface area contributed by atoms with Crippen molar-refractivity contribution in [2.75, 3.05) is 0 Å². The zero-order valence-electron chi connectivity index (χ0n) is 9.16. The molecule has 0 aliphatic rings. The molecule has 5 heteroatoms. The monoisotopic (exact) mass is 283 g/mol. The van der Waals surface area contributed by atoms with E-state index in [0.29, 0.717) is 10.0 Å². The van der Waals surface area contributed by atoms with Gasteiger partial charge in [0.1, 0.15) is 11.5 Å². The van der Waals surface area contributed by atoms with Gasteiger partial charge < -0.3 is 0 Å². The van der Waals surface area contributed by atoms with Gasteiger partial charge in [-0.2, -0.15) is 0 Å². The molecule has 0 bridgehead atoms. The highest BCUT2D eigenvalue weighted by molar-refractivity contribution is 6.42. The first-order chi connectivity index (χ1) is 8.56. The minimum atomic E-state index is -0.471. The van der Waals surface area contributed by atoms with Gasteiger partial charge in [0.2, 0.25) is 0 Å². The molecular weight excluding hydrogens is 276 g/mol. The summed E-state index contributed by atoms with van der Waals surface area (Å²) in [5.41, 5.74) is 0.961. The average molecular weight is 284 g/mol. The molecule has 0 N–H and O–H groups in total. The molecule has 0 saturated heterocycles. The maximum atomic E-state index is 12.7. The topological polar surface area (TPSA) is 30.0 Å². The molecule has 2 aromatic rings. The summed E-state index contributed by atoms with van der Waals surface area (Å²) in [6.45, 7) is 0. The lowest BCUT2D eigenvalue weighted by Crippen LogP contribution is -2.06. The summed E-state index contributed by atoms with van der Waals surface area (Å²) in [4.78, 5) is 15.6. The number of halogens is 3. The van der Waals surface area contributed by atoms with Gasteiger partial charge in [0.15, 0.2) is 5.78 Å². The molecule has 0 spiro atoms. The van der Waals surface area contributed by atoms with Crippen molar-refractivity contribution in [1.29, 1.82) is 0 Å². The van der Waals surface area contributed by atoms with Crippen molar-refractivity contribution in [2.24, 2.45) is 0 Å². The third-order valence-corrected chi connectivity index (χ3v) is 3.10. The van der Waals surface area contributed by atoms with Crippen LogP contribution in [0.2, 0.25) is 10.0 Å². The highest BCUT2D eigenvalue weighted by Gasteiger charge is 2.09. The summed E-state index contributed by atoms with van der Waals surface area (Å²) in [7, 11) is 0. The number of nitrogens with zero attached hydrogens (tertiary/aromatic N) is 1. The van der Waals surface area contributed by atoms with E-state index in [1.165, 1.54) is 12.1 Å². The van der Waals surface area contributed by atoms with Crippen LogP contribution in [0.1, 0.15) is 16.1 Å². The van der Waals surface area contributed by atoms with Crippen molar-refractivity contribution in [1.82, 2.24) is 4.98 Å². The Labute approximate surface area is 113 Å². The van der Waals surface area contributed by atoms with Crippen molar-refractivity contribution in [3.8, 4) is 0 Å². The lowest BCUT2D eigenvalue weighted by Gasteiger charge is -2.02. The van der Waals surface area contributed by atoms with Gasteiger partial charge in [0, 0.05) is 6.42 Å². The maximum absolute atomic E-state index is 12.7. The molecule has 1 aromatic carbocycles. The third kappa shape index (κ3) is 3.06. The minimum Gasteiger partial charge on any atom is -0.292 e. The zero-order chi connectivity index (χ0) is 13.1. The lowest BCUT2D eigenvalue weighted by atomic mass is 10.1. The van der Waals surface area contributed by atoms with Gasteiger partial charge in [0.25, 0.3) is 0 Å². The molecule has 0 radical (unpaired) electrons. The second-order valence-electron chi connectivity index (χ2n) is 3.71. The van der Waals surface area contributed by atoms with Gasteiger partial charge in [-0.25, -0.2) is 4.39 Å². The normalized spacial score (nSPS) is 10.4. The van der Waals surface area contributed by atoms with Crippen molar-refractivity contribution in [3.05, 3.63) is 63.6 Å². The van der Waals surface area contributed by atoms with Crippen LogP contribution in [0.4, 0.5) is 4.39 Å². The van der Waals surface area contributed by atoms with E-state index in [2.05, 4.69) is 4.98 Å². The van der Waals surface area contributed by atoms with Crippen LogP contribution >= 0.6 is 23.2 Å². The van der Waals surface area contributed by atoms with E-state index >= 15 is 0 Å². The average Bonchev–Trinajstić information content (AvgIpc) is 2.34. The summed E-state index contributed by atoms with van der Waals surface area (Å²) in [5, 5.41) is 0.835. The van der Waals surface area contributed by atoms with Crippen molar-refractivity contribution < 1.29 is 9.18 Å². The minimum absolute atomic E-state index is 0.148. The highest BCUT2D eigenvalue weighted by atomic mass is 35.5.